The van der Waals surface area contributed by atoms with Gasteiger partial charge in [-0.15, -0.1) is 0 Å². The van der Waals surface area contributed by atoms with Crippen molar-refractivity contribution in [3.63, 3.8) is 0 Å². The van der Waals surface area contributed by atoms with Crippen LogP contribution in [-0.2, 0) is 0 Å². The number of nitrogens with zero attached hydrogens (tertiary/aromatic N) is 2. The number of hydrogen-bond acceptors (Lipinski definition) is 1. The van der Waals surface area contributed by atoms with Crippen LogP contribution >= 0.6 is 0 Å². The van der Waals surface area contributed by atoms with E-state index in [1.165, 1.54) is 44.9 Å². The Bertz CT molecular complexity index is 230. The van der Waals surface area contributed by atoms with Crippen molar-refractivity contribution in [2.45, 2.75) is 57.9 Å². The summed E-state index contributed by atoms with van der Waals surface area (Å²) in [6.07, 6.45) is 9.90. The number of rotatable bonds is 4. The minimum absolute atomic E-state index is 0.526. The van der Waals surface area contributed by atoms with E-state index in [1.54, 1.807) is 0 Å². The number of nitrogens with one attached hydrogen (secondary N) is 1. The molecule has 1 aliphatic rings. The maximum atomic E-state index is 4.25. The van der Waals surface area contributed by atoms with Gasteiger partial charge in [-0.05, 0) is 25.7 Å². The first-order chi connectivity index (χ1) is 8.13. The molecule has 1 aliphatic carbocycles. The van der Waals surface area contributed by atoms with Gasteiger partial charge < -0.3 is 10.2 Å². The summed E-state index contributed by atoms with van der Waals surface area (Å²) in [5.41, 5.74) is 0. The maximum Gasteiger partial charge on any atom is 0.193 e. The van der Waals surface area contributed by atoms with E-state index in [2.05, 4.69) is 17.2 Å². The lowest BCUT2D eigenvalue weighted by Gasteiger charge is -2.25. The highest BCUT2D eigenvalue weighted by molar-refractivity contribution is 5.79. The molecule has 1 unspecified atom stereocenters. The smallest absolute Gasteiger partial charge is 0.193 e. The lowest BCUT2D eigenvalue weighted by molar-refractivity contribution is 0.321. The van der Waals surface area contributed by atoms with Crippen molar-refractivity contribution in [2.24, 2.45) is 10.9 Å². The van der Waals surface area contributed by atoms with E-state index in [0.717, 1.165) is 11.9 Å². The Labute approximate surface area is 107 Å². The minimum Gasteiger partial charge on any atom is -0.354 e. The van der Waals surface area contributed by atoms with E-state index < -0.39 is 0 Å². The molecule has 0 aromatic heterocycles. The topological polar surface area (TPSA) is 27.6 Å². The van der Waals surface area contributed by atoms with Gasteiger partial charge in [0.15, 0.2) is 5.96 Å². The predicted octanol–water partition coefficient (Wildman–Crippen LogP) is 2.87. The second-order valence-electron chi connectivity index (χ2n) is 5.57. The Kier molecular flexibility index (Phi) is 6.38. The summed E-state index contributed by atoms with van der Waals surface area (Å²) >= 11 is 0. The zero-order valence-corrected chi connectivity index (χ0v) is 12.0. The average Bonchev–Trinajstić information content (AvgIpc) is 2.34. The van der Waals surface area contributed by atoms with Crippen LogP contribution in [0.4, 0.5) is 0 Å². The fraction of sp³-hybridized carbons (Fsp3) is 0.929. The van der Waals surface area contributed by atoms with Crippen LogP contribution in [0.3, 0.4) is 0 Å². The van der Waals surface area contributed by atoms with Gasteiger partial charge in [-0.1, -0.05) is 32.1 Å². The fourth-order valence-corrected chi connectivity index (χ4v) is 2.65. The summed E-state index contributed by atoms with van der Waals surface area (Å²) < 4.78 is 0. The van der Waals surface area contributed by atoms with Gasteiger partial charge >= 0.3 is 0 Å². The van der Waals surface area contributed by atoms with Crippen molar-refractivity contribution in [2.75, 3.05) is 21.1 Å². The summed E-state index contributed by atoms with van der Waals surface area (Å²) in [4.78, 5) is 6.29. The third-order valence-corrected chi connectivity index (χ3v) is 3.74. The van der Waals surface area contributed by atoms with Gasteiger partial charge in [-0.25, -0.2) is 0 Å². The maximum absolute atomic E-state index is 4.25. The monoisotopic (exact) mass is 239 g/mol. The largest absolute Gasteiger partial charge is 0.354 e. The molecule has 0 radical (unpaired) electrons. The van der Waals surface area contributed by atoms with Gasteiger partial charge in [0.1, 0.15) is 0 Å². The third kappa shape index (κ3) is 5.42. The molecule has 1 fully saturated rings. The van der Waals surface area contributed by atoms with Crippen LogP contribution in [0.2, 0.25) is 0 Å². The normalized spacial score (nSPS) is 20.1. The summed E-state index contributed by atoms with van der Waals surface area (Å²) in [6, 6.07) is 0.526. The van der Waals surface area contributed by atoms with Crippen molar-refractivity contribution in [1.82, 2.24) is 10.2 Å². The van der Waals surface area contributed by atoms with Crippen molar-refractivity contribution < 1.29 is 0 Å². The minimum atomic E-state index is 0.526. The molecule has 0 aromatic carbocycles. The van der Waals surface area contributed by atoms with Gasteiger partial charge in [0.25, 0.3) is 0 Å². The molecule has 1 saturated carbocycles. The quantitative estimate of drug-likeness (QED) is 0.603. The molecule has 3 nitrogen and oxygen atoms in total. The zero-order valence-electron chi connectivity index (χ0n) is 12.0. The van der Waals surface area contributed by atoms with E-state index in [4.69, 9.17) is 0 Å². The van der Waals surface area contributed by atoms with Gasteiger partial charge in [0.2, 0.25) is 0 Å². The van der Waals surface area contributed by atoms with E-state index in [-0.39, 0.29) is 0 Å². The highest BCUT2D eigenvalue weighted by atomic mass is 15.3. The van der Waals surface area contributed by atoms with Crippen LogP contribution in [0.1, 0.15) is 51.9 Å². The molecular weight excluding hydrogens is 210 g/mol. The Hall–Kier alpha value is -0.730. The summed E-state index contributed by atoms with van der Waals surface area (Å²) in [5, 5.41) is 3.48. The van der Waals surface area contributed by atoms with Crippen LogP contribution in [0.25, 0.3) is 0 Å². The van der Waals surface area contributed by atoms with Gasteiger partial charge in [-0.3, -0.25) is 4.99 Å². The molecule has 17 heavy (non-hydrogen) atoms. The molecule has 0 aliphatic heterocycles. The molecule has 0 spiro atoms. The summed E-state index contributed by atoms with van der Waals surface area (Å²) in [7, 11) is 5.91. The number of aliphatic imine (C=N–C) groups is 1. The van der Waals surface area contributed by atoms with E-state index >= 15 is 0 Å². The van der Waals surface area contributed by atoms with E-state index in [9.17, 15) is 0 Å². The SMILES string of the molecule is CN=C(NC(C)CCC1CCCCC1)N(C)C. The first kappa shape index (κ1) is 14.3. The molecule has 0 bridgehead atoms. The Morgan fingerprint density at radius 2 is 1.94 bits per heavy atom. The Morgan fingerprint density at radius 3 is 2.47 bits per heavy atom. The van der Waals surface area contributed by atoms with Crippen molar-refractivity contribution in [3.05, 3.63) is 0 Å². The highest BCUT2D eigenvalue weighted by Crippen LogP contribution is 2.27. The van der Waals surface area contributed by atoms with Crippen molar-refractivity contribution in [1.29, 1.82) is 0 Å². The molecule has 0 amide bonds. The highest BCUT2D eigenvalue weighted by Gasteiger charge is 2.15. The lowest BCUT2D eigenvalue weighted by atomic mass is 9.85. The van der Waals surface area contributed by atoms with E-state index in [0.29, 0.717) is 6.04 Å². The molecule has 1 rings (SSSR count). The molecule has 0 heterocycles. The molecular formula is C14H29N3. The zero-order chi connectivity index (χ0) is 12.7. The number of hydrogen-bond donors (Lipinski definition) is 1. The van der Waals surface area contributed by atoms with Crippen molar-refractivity contribution in [3.8, 4) is 0 Å². The number of guanidine groups is 1. The molecule has 3 heteroatoms. The van der Waals surface area contributed by atoms with Crippen LogP contribution in [0, 0.1) is 5.92 Å². The first-order valence-corrected chi connectivity index (χ1v) is 7.04. The fourth-order valence-electron chi connectivity index (χ4n) is 2.65. The summed E-state index contributed by atoms with van der Waals surface area (Å²) in [6.45, 7) is 2.26. The van der Waals surface area contributed by atoms with E-state index in [1.807, 2.05) is 26.0 Å². The van der Waals surface area contributed by atoms with Gasteiger partial charge in [0.05, 0.1) is 0 Å². The molecule has 1 N–H and O–H groups in total. The van der Waals surface area contributed by atoms with Crippen LogP contribution in [0.15, 0.2) is 4.99 Å². The van der Waals surface area contributed by atoms with Crippen LogP contribution < -0.4 is 5.32 Å². The Morgan fingerprint density at radius 1 is 1.29 bits per heavy atom. The molecule has 1 atom stereocenters. The first-order valence-electron chi connectivity index (χ1n) is 7.04. The lowest BCUT2D eigenvalue weighted by Crippen LogP contribution is -2.41. The second-order valence-corrected chi connectivity index (χ2v) is 5.57. The molecule has 100 valence electrons. The van der Waals surface area contributed by atoms with Crippen LogP contribution in [0.5, 0.6) is 0 Å². The molecule has 0 saturated heterocycles. The average molecular weight is 239 g/mol. The van der Waals surface area contributed by atoms with Gasteiger partial charge in [0, 0.05) is 27.2 Å². The standard InChI is InChI=1S/C14H29N3/c1-12(16-14(15-2)17(3)4)10-11-13-8-6-5-7-9-13/h12-13H,5-11H2,1-4H3,(H,15,16). The third-order valence-electron chi connectivity index (χ3n) is 3.74. The predicted molar refractivity (Wildman–Crippen MR) is 75.5 cm³/mol. The van der Waals surface area contributed by atoms with Gasteiger partial charge in [-0.2, -0.15) is 0 Å². The van der Waals surface area contributed by atoms with Crippen molar-refractivity contribution >= 4 is 5.96 Å². The van der Waals surface area contributed by atoms with Crippen LogP contribution in [-0.4, -0.2) is 38.0 Å². The summed E-state index contributed by atoms with van der Waals surface area (Å²) in [5.74, 6) is 1.97. The Balaban J connectivity index is 2.22. The molecule has 0 aromatic rings. The second kappa shape index (κ2) is 7.57.